The van der Waals surface area contributed by atoms with Crippen LogP contribution in [0.25, 0.3) is 0 Å². The summed E-state index contributed by atoms with van der Waals surface area (Å²) < 4.78 is 0. The van der Waals surface area contributed by atoms with Crippen LogP contribution in [0.5, 0.6) is 0 Å². The van der Waals surface area contributed by atoms with Gasteiger partial charge in [-0.1, -0.05) is 20.8 Å². The predicted octanol–water partition coefficient (Wildman–Crippen LogP) is 0.914. The molecule has 0 aromatic heterocycles. The summed E-state index contributed by atoms with van der Waals surface area (Å²) in [6, 6.07) is 0.327. The molecule has 0 aromatic rings. The van der Waals surface area contributed by atoms with Gasteiger partial charge >= 0.3 is 0 Å². The highest BCUT2D eigenvalue weighted by Gasteiger charge is 2.22. The Labute approximate surface area is 105 Å². The number of carbonyl (C=O) groups excluding carboxylic acids is 1. The molecular weight excluding hydrogens is 214 g/mol. The van der Waals surface area contributed by atoms with E-state index in [2.05, 4.69) is 25.7 Å². The van der Waals surface area contributed by atoms with Crippen LogP contribution >= 0.6 is 0 Å². The molecule has 17 heavy (non-hydrogen) atoms. The number of hydrogen-bond donors (Lipinski definition) is 1. The first-order valence-electron chi connectivity index (χ1n) is 6.50. The van der Waals surface area contributed by atoms with Gasteiger partial charge in [0.15, 0.2) is 0 Å². The molecule has 1 rings (SSSR count). The van der Waals surface area contributed by atoms with Gasteiger partial charge in [-0.05, 0) is 18.3 Å². The lowest BCUT2D eigenvalue weighted by Gasteiger charge is -2.32. The fraction of sp³-hybridized carbons (Fsp3) is 0.923. The van der Waals surface area contributed by atoms with Crippen LogP contribution < -0.4 is 5.73 Å². The smallest absolute Gasteiger partial charge is 0.236 e. The van der Waals surface area contributed by atoms with E-state index in [0.29, 0.717) is 12.6 Å². The Morgan fingerprint density at radius 3 is 2.35 bits per heavy atom. The van der Waals surface area contributed by atoms with Crippen molar-refractivity contribution in [3.8, 4) is 0 Å². The molecule has 1 saturated heterocycles. The van der Waals surface area contributed by atoms with Crippen molar-refractivity contribution >= 4 is 5.91 Å². The number of carbonyl (C=O) groups is 1. The van der Waals surface area contributed by atoms with Gasteiger partial charge in [-0.2, -0.15) is 0 Å². The largest absolute Gasteiger partial charge is 0.344 e. The maximum atomic E-state index is 12.0. The quantitative estimate of drug-likeness (QED) is 0.799. The molecule has 0 saturated carbocycles. The van der Waals surface area contributed by atoms with Crippen molar-refractivity contribution in [2.45, 2.75) is 39.7 Å². The van der Waals surface area contributed by atoms with Gasteiger partial charge < -0.3 is 10.6 Å². The Bertz CT molecular complexity index is 252. The average Bonchev–Trinajstić information content (AvgIpc) is 2.19. The van der Waals surface area contributed by atoms with Crippen molar-refractivity contribution in [3.05, 3.63) is 0 Å². The molecule has 0 unspecified atom stereocenters. The van der Waals surface area contributed by atoms with E-state index in [9.17, 15) is 4.79 Å². The highest BCUT2D eigenvalue weighted by atomic mass is 16.2. The van der Waals surface area contributed by atoms with E-state index < -0.39 is 0 Å². The van der Waals surface area contributed by atoms with E-state index in [1.807, 2.05) is 11.9 Å². The maximum absolute atomic E-state index is 12.0. The van der Waals surface area contributed by atoms with E-state index in [1.54, 1.807) is 0 Å². The SMILES string of the molecule is CN(CC(C)(C)C)C(=O)CN1CCC(N)CC1. The van der Waals surface area contributed by atoms with Crippen LogP contribution in [0.15, 0.2) is 0 Å². The summed E-state index contributed by atoms with van der Waals surface area (Å²) in [4.78, 5) is 16.1. The van der Waals surface area contributed by atoms with Crippen molar-refractivity contribution in [1.29, 1.82) is 0 Å². The molecule has 100 valence electrons. The second kappa shape index (κ2) is 5.83. The third-order valence-electron chi connectivity index (χ3n) is 3.13. The number of hydrogen-bond acceptors (Lipinski definition) is 3. The molecule has 0 aliphatic carbocycles. The van der Waals surface area contributed by atoms with Crippen molar-refractivity contribution in [2.75, 3.05) is 33.2 Å². The maximum Gasteiger partial charge on any atom is 0.236 e. The Kier molecular flexibility index (Phi) is 4.95. The van der Waals surface area contributed by atoms with E-state index in [-0.39, 0.29) is 11.3 Å². The molecule has 0 bridgehead atoms. The van der Waals surface area contributed by atoms with Gasteiger partial charge in [-0.15, -0.1) is 0 Å². The number of nitrogens with two attached hydrogens (primary N) is 1. The second-order valence-electron chi connectivity index (χ2n) is 6.42. The molecule has 1 fully saturated rings. The van der Waals surface area contributed by atoms with Gasteiger partial charge in [0, 0.05) is 32.7 Å². The van der Waals surface area contributed by atoms with Crippen molar-refractivity contribution < 1.29 is 4.79 Å². The zero-order chi connectivity index (χ0) is 13.1. The molecule has 4 nitrogen and oxygen atoms in total. The zero-order valence-corrected chi connectivity index (χ0v) is 11.7. The molecule has 1 amide bonds. The summed E-state index contributed by atoms with van der Waals surface area (Å²) in [5.41, 5.74) is 6.01. The van der Waals surface area contributed by atoms with E-state index in [1.165, 1.54) is 0 Å². The minimum absolute atomic E-state index is 0.161. The minimum Gasteiger partial charge on any atom is -0.344 e. The van der Waals surface area contributed by atoms with E-state index in [0.717, 1.165) is 32.5 Å². The fourth-order valence-corrected chi connectivity index (χ4v) is 2.22. The summed E-state index contributed by atoms with van der Waals surface area (Å²) in [6.45, 7) is 9.70. The second-order valence-corrected chi connectivity index (χ2v) is 6.42. The van der Waals surface area contributed by atoms with E-state index >= 15 is 0 Å². The van der Waals surface area contributed by atoms with Crippen LogP contribution in [0.1, 0.15) is 33.6 Å². The minimum atomic E-state index is 0.161. The lowest BCUT2D eigenvalue weighted by atomic mass is 9.96. The Morgan fingerprint density at radius 2 is 1.88 bits per heavy atom. The molecule has 0 spiro atoms. The third-order valence-corrected chi connectivity index (χ3v) is 3.13. The van der Waals surface area contributed by atoms with Crippen LogP contribution in [0.2, 0.25) is 0 Å². The normalized spacial score (nSPS) is 19.4. The molecule has 0 aromatic carbocycles. The van der Waals surface area contributed by atoms with Crippen molar-refractivity contribution in [1.82, 2.24) is 9.80 Å². The van der Waals surface area contributed by atoms with Gasteiger partial charge in [-0.25, -0.2) is 0 Å². The number of nitrogens with zero attached hydrogens (tertiary/aromatic N) is 2. The first-order valence-corrected chi connectivity index (χ1v) is 6.50. The van der Waals surface area contributed by atoms with Gasteiger partial charge in [0.05, 0.1) is 6.54 Å². The van der Waals surface area contributed by atoms with Crippen LogP contribution in [0.3, 0.4) is 0 Å². The fourth-order valence-electron chi connectivity index (χ4n) is 2.22. The zero-order valence-electron chi connectivity index (χ0n) is 11.7. The predicted molar refractivity (Wildman–Crippen MR) is 70.7 cm³/mol. The summed E-state index contributed by atoms with van der Waals surface area (Å²) in [6.07, 6.45) is 2.02. The van der Waals surface area contributed by atoms with Gasteiger partial charge in [0.1, 0.15) is 0 Å². The number of likely N-dealkylation sites (tertiary alicyclic amines) is 1. The summed E-state index contributed by atoms with van der Waals surface area (Å²) in [5.74, 6) is 0.218. The molecule has 2 N–H and O–H groups in total. The Hall–Kier alpha value is -0.610. The van der Waals surface area contributed by atoms with E-state index in [4.69, 9.17) is 5.73 Å². The van der Waals surface area contributed by atoms with Crippen LogP contribution in [0, 0.1) is 5.41 Å². The summed E-state index contributed by atoms with van der Waals surface area (Å²) in [7, 11) is 1.89. The average molecular weight is 241 g/mol. The number of piperidine rings is 1. The number of likely N-dealkylation sites (N-methyl/N-ethyl adjacent to an activating group) is 1. The third kappa shape index (κ3) is 5.50. The standard InChI is InChI=1S/C13H27N3O/c1-13(2,3)10-15(4)12(17)9-16-7-5-11(14)6-8-16/h11H,5-10,14H2,1-4H3. The molecule has 1 aliphatic heterocycles. The Morgan fingerprint density at radius 1 is 1.35 bits per heavy atom. The molecule has 1 heterocycles. The molecule has 0 atom stereocenters. The lowest BCUT2D eigenvalue weighted by Crippen LogP contribution is -2.46. The van der Waals surface area contributed by atoms with Crippen molar-refractivity contribution in [2.24, 2.45) is 11.1 Å². The highest BCUT2D eigenvalue weighted by Crippen LogP contribution is 2.15. The van der Waals surface area contributed by atoms with Gasteiger partial charge in [0.2, 0.25) is 5.91 Å². The topological polar surface area (TPSA) is 49.6 Å². The summed E-state index contributed by atoms with van der Waals surface area (Å²) in [5, 5.41) is 0. The molecule has 0 radical (unpaired) electrons. The van der Waals surface area contributed by atoms with Crippen LogP contribution in [-0.4, -0.2) is 55.0 Å². The number of amides is 1. The van der Waals surface area contributed by atoms with Crippen molar-refractivity contribution in [3.63, 3.8) is 0 Å². The summed E-state index contributed by atoms with van der Waals surface area (Å²) >= 11 is 0. The monoisotopic (exact) mass is 241 g/mol. The molecular formula is C13H27N3O. The van der Waals surface area contributed by atoms with Gasteiger partial charge in [-0.3, -0.25) is 9.69 Å². The van der Waals surface area contributed by atoms with Gasteiger partial charge in [0.25, 0.3) is 0 Å². The first-order chi connectivity index (χ1) is 7.78. The molecule has 1 aliphatic rings. The highest BCUT2D eigenvalue weighted by molar-refractivity contribution is 5.78. The number of rotatable bonds is 3. The Balaban J connectivity index is 2.33. The molecule has 4 heteroatoms. The van der Waals surface area contributed by atoms with Crippen LogP contribution in [0.4, 0.5) is 0 Å². The van der Waals surface area contributed by atoms with Crippen LogP contribution in [-0.2, 0) is 4.79 Å². The first kappa shape index (κ1) is 14.5. The lowest BCUT2D eigenvalue weighted by molar-refractivity contribution is -0.132.